The van der Waals surface area contributed by atoms with Crippen molar-refractivity contribution in [3.05, 3.63) is 81.0 Å². The summed E-state index contributed by atoms with van der Waals surface area (Å²) in [5.74, 6) is -0.439. The molecule has 122 valence electrons. The highest BCUT2D eigenvalue weighted by atomic mass is 35.5. The number of nitrogens with one attached hydrogen (secondary N) is 2. The minimum atomic E-state index is -0.439. The van der Waals surface area contributed by atoms with Gasteiger partial charge < -0.3 is 10.3 Å². The lowest BCUT2D eigenvalue weighted by molar-refractivity contribution is 0.632. The van der Waals surface area contributed by atoms with Gasteiger partial charge in [0.05, 0.1) is 17.6 Å². The highest BCUT2D eigenvalue weighted by Gasteiger charge is 2.09. The van der Waals surface area contributed by atoms with E-state index < -0.39 is 11.5 Å². The molecule has 0 radical (unpaired) electrons. The van der Waals surface area contributed by atoms with Gasteiger partial charge in [-0.3, -0.25) is 4.98 Å². The normalized spacial score (nSPS) is 10.6. The maximum atomic E-state index is 13.9. The molecule has 1 aromatic carbocycles. The number of pyridine rings is 1. The first-order chi connectivity index (χ1) is 11.5. The van der Waals surface area contributed by atoms with E-state index in [1.54, 1.807) is 30.6 Å². The molecule has 7 heteroatoms. The number of rotatable bonds is 4. The van der Waals surface area contributed by atoms with E-state index in [0.29, 0.717) is 22.8 Å². The molecule has 3 rings (SSSR count). The van der Waals surface area contributed by atoms with Crippen LogP contribution in [0.5, 0.6) is 0 Å². The number of aromatic nitrogens is 3. The highest BCUT2D eigenvalue weighted by molar-refractivity contribution is 6.30. The minimum absolute atomic E-state index is 0.318. The molecule has 24 heavy (non-hydrogen) atoms. The lowest BCUT2D eigenvalue weighted by atomic mass is 10.0. The SMILES string of the molecule is Cc1c(Cc2ccnc(=O)[nH]2)cncc1Nc1ccc(Cl)cc1F. The van der Waals surface area contributed by atoms with E-state index in [1.165, 1.54) is 12.3 Å². The van der Waals surface area contributed by atoms with Crippen molar-refractivity contribution < 1.29 is 4.39 Å². The molecule has 0 atom stereocenters. The molecule has 0 amide bonds. The van der Waals surface area contributed by atoms with Gasteiger partial charge in [-0.1, -0.05) is 11.6 Å². The van der Waals surface area contributed by atoms with Gasteiger partial charge in [0.25, 0.3) is 0 Å². The van der Waals surface area contributed by atoms with Gasteiger partial charge in [-0.2, -0.15) is 0 Å². The van der Waals surface area contributed by atoms with E-state index in [0.717, 1.165) is 16.8 Å². The number of halogens is 2. The van der Waals surface area contributed by atoms with E-state index >= 15 is 0 Å². The van der Waals surface area contributed by atoms with Crippen molar-refractivity contribution in [3.63, 3.8) is 0 Å². The second kappa shape index (κ2) is 6.80. The zero-order valence-electron chi connectivity index (χ0n) is 12.8. The topological polar surface area (TPSA) is 70.7 Å². The van der Waals surface area contributed by atoms with Crippen LogP contribution in [0.3, 0.4) is 0 Å². The van der Waals surface area contributed by atoms with E-state index in [-0.39, 0.29) is 0 Å². The largest absolute Gasteiger partial charge is 0.352 e. The van der Waals surface area contributed by atoms with Gasteiger partial charge in [0, 0.05) is 29.5 Å². The lowest BCUT2D eigenvalue weighted by Gasteiger charge is -2.13. The average Bonchev–Trinajstić information content (AvgIpc) is 2.54. The Morgan fingerprint density at radius 2 is 2.08 bits per heavy atom. The number of anilines is 2. The van der Waals surface area contributed by atoms with Gasteiger partial charge in [0.1, 0.15) is 5.82 Å². The van der Waals surface area contributed by atoms with Crippen LogP contribution in [0.15, 0.2) is 47.7 Å². The second-order valence-electron chi connectivity index (χ2n) is 5.30. The first-order valence-electron chi connectivity index (χ1n) is 7.22. The third-order valence-electron chi connectivity index (χ3n) is 3.64. The van der Waals surface area contributed by atoms with Gasteiger partial charge in [-0.25, -0.2) is 14.2 Å². The standard InChI is InChI=1S/C17H14ClFN4O/c1-10-11(6-13-4-5-21-17(24)22-13)8-20-9-16(10)23-15-3-2-12(18)7-14(15)19/h2-5,7-9,23H,6H2,1H3,(H,21,22,24). The molecule has 0 unspecified atom stereocenters. The number of aromatic amines is 1. The van der Waals surface area contributed by atoms with E-state index in [2.05, 4.69) is 20.3 Å². The summed E-state index contributed by atoms with van der Waals surface area (Å²) in [5.41, 5.74) is 3.17. The summed E-state index contributed by atoms with van der Waals surface area (Å²) in [6, 6.07) is 6.17. The summed E-state index contributed by atoms with van der Waals surface area (Å²) in [5, 5.41) is 3.36. The number of hydrogen-bond donors (Lipinski definition) is 2. The summed E-state index contributed by atoms with van der Waals surface area (Å²) in [6.45, 7) is 1.91. The predicted octanol–water partition coefficient (Wildman–Crippen LogP) is 3.60. The van der Waals surface area contributed by atoms with Crippen molar-refractivity contribution in [2.75, 3.05) is 5.32 Å². The van der Waals surface area contributed by atoms with Gasteiger partial charge in [0.15, 0.2) is 0 Å². The number of nitrogens with zero attached hydrogens (tertiary/aromatic N) is 2. The Morgan fingerprint density at radius 1 is 1.25 bits per heavy atom. The molecule has 0 aliphatic heterocycles. The molecule has 2 heterocycles. The Morgan fingerprint density at radius 3 is 2.83 bits per heavy atom. The maximum Gasteiger partial charge on any atom is 0.345 e. The Labute approximate surface area is 142 Å². The van der Waals surface area contributed by atoms with Crippen molar-refractivity contribution in [2.24, 2.45) is 0 Å². The smallest absolute Gasteiger partial charge is 0.345 e. The summed E-state index contributed by atoms with van der Waals surface area (Å²) >= 11 is 5.77. The fourth-order valence-corrected chi connectivity index (χ4v) is 2.48. The fraction of sp³-hybridized carbons (Fsp3) is 0.118. The van der Waals surface area contributed by atoms with Gasteiger partial charge in [0.2, 0.25) is 0 Å². The molecule has 0 aliphatic carbocycles. The van der Waals surface area contributed by atoms with Crippen LogP contribution >= 0.6 is 11.6 Å². The molecule has 2 N–H and O–H groups in total. The van der Waals surface area contributed by atoms with Crippen LogP contribution in [0.25, 0.3) is 0 Å². The Kier molecular flexibility index (Phi) is 4.57. The van der Waals surface area contributed by atoms with Crippen molar-refractivity contribution in [3.8, 4) is 0 Å². The summed E-state index contributed by atoms with van der Waals surface area (Å²) in [7, 11) is 0. The van der Waals surface area contributed by atoms with Gasteiger partial charge in [-0.05, 0) is 42.3 Å². The molecular weight excluding hydrogens is 331 g/mol. The molecule has 3 aromatic rings. The van der Waals surface area contributed by atoms with Crippen LogP contribution in [-0.2, 0) is 6.42 Å². The lowest BCUT2D eigenvalue weighted by Crippen LogP contribution is -2.12. The third-order valence-corrected chi connectivity index (χ3v) is 3.87. The molecule has 0 aliphatic rings. The molecular formula is C17H14ClFN4O. The Balaban J connectivity index is 1.89. The van der Waals surface area contributed by atoms with Crippen LogP contribution < -0.4 is 11.0 Å². The Hall–Kier alpha value is -2.73. The van der Waals surface area contributed by atoms with Gasteiger partial charge >= 0.3 is 5.69 Å². The quantitative estimate of drug-likeness (QED) is 0.758. The molecule has 0 saturated carbocycles. The molecule has 0 saturated heterocycles. The number of H-pyrrole nitrogens is 1. The molecule has 5 nitrogen and oxygen atoms in total. The zero-order valence-corrected chi connectivity index (χ0v) is 13.6. The first kappa shape index (κ1) is 16.1. The van der Waals surface area contributed by atoms with Crippen LogP contribution in [0.4, 0.5) is 15.8 Å². The minimum Gasteiger partial charge on any atom is -0.352 e. The van der Waals surface area contributed by atoms with Crippen molar-refractivity contribution in [2.45, 2.75) is 13.3 Å². The number of hydrogen-bond acceptors (Lipinski definition) is 4. The molecule has 0 spiro atoms. The summed E-state index contributed by atoms with van der Waals surface area (Å²) in [6.07, 6.45) is 5.30. The highest BCUT2D eigenvalue weighted by Crippen LogP contribution is 2.26. The van der Waals surface area contributed by atoms with E-state index in [9.17, 15) is 9.18 Å². The van der Waals surface area contributed by atoms with Crippen LogP contribution in [-0.4, -0.2) is 15.0 Å². The van der Waals surface area contributed by atoms with Crippen LogP contribution in [0.2, 0.25) is 5.02 Å². The summed E-state index contributed by atoms with van der Waals surface area (Å²) in [4.78, 5) is 21.8. The summed E-state index contributed by atoms with van der Waals surface area (Å²) < 4.78 is 13.9. The van der Waals surface area contributed by atoms with Crippen molar-refractivity contribution in [1.82, 2.24) is 15.0 Å². The van der Waals surface area contributed by atoms with Crippen LogP contribution in [0, 0.1) is 12.7 Å². The van der Waals surface area contributed by atoms with Crippen LogP contribution in [0.1, 0.15) is 16.8 Å². The molecule has 0 bridgehead atoms. The van der Waals surface area contributed by atoms with E-state index in [4.69, 9.17) is 11.6 Å². The second-order valence-corrected chi connectivity index (χ2v) is 5.73. The molecule has 2 aromatic heterocycles. The molecule has 0 fully saturated rings. The first-order valence-corrected chi connectivity index (χ1v) is 7.60. The fourth-order valence-electron chi connectivity index (χ4n) is 2.32. The maximum absolute atomic E-state index is 13.9. The average molecular weight is 345 g/mol. The van der Waals surface area contributed by atoms with Gasteiger partial charge in [-0.15, -0.1) is 0 Å². The monoisotopic (exact) mass is 344 g/mol. The van der Waals surface area contributed by atoms with Crippen molar-refractivity contribution in [1.29, 1.82) is 0 Å². The number of benzene rings is 1. The predicted molar refractivity (Wildman–Crippen MR) is 91.3 cm³/mol. The Bertz CT molecular complexity index is 942. The van der Waals surface area contributed by atoms with E-state index in [1.807, 2.05) is 6.92 Å². The third kappa shape index (κ3) is 3.60. The van der Waals surface area contributed by atoms with Crippen molar-refractivity contribution >= 4 is 23.0 Å². The zero-order chi connectivity index (χ0) is 17.1.